The lowest BCUT2D eigenvalue weighted by Crippen LogP contribution is -2.33. The van der Waals surface area contributed by atoms with Gasteiger partial charge >= 0.3 is 5.97 Å². The number of hydrogen-bond donors (Lipinski definition) is 1. The second kappa shape index (κ2) is 10.8. The van der Waals surface area contributed by atoms with Crippen molar-refractivity contribution in [3.05, 3.63) is 81.8 Å². The molecule has 2 atom stereocenters. The monoisotopic (exact) mass is 586 g/mol. The topological polar surface area (TPSA) is 70.1 Å². The highest BCUT2D eigenvalue weighted by atomic mass is 32.2. The Kier molecular flexibility index (Phi) is 7.32. The van der Waals surface area contributed by atoms with Gasteiger partial charge in [-0.3, -0.25) is 14.5 Å². The largest absolute Gasteiger partial charge is 0.497 e. The van der Waals surface area contributed by atoms with Gasteiger partial charge in [0, 0.05) is 23.3 Å². The van der Waals surface area contributed by atoms with E-state index in [9.17, 15) is 14.7 Å². The quantitative estimate of drug-likeness (QED) is 0.279. The molecule has 1 saturated heterocycles. The number of nitrogens with zero attached hydrogens (tertiary/aromatic N) is 2. The number of thioether (sulfide) groups is 1. The third kappa shape index (κ3) is 5.35. The molecule has 1 N–H and O–H groups in total. The van der Waals surface area contributed by atoms with Gasteiger partial charge < -0.3 is 14.7 Å². The molecular formula is C33H34N2O4S2. The zero-order valence-corrected chi connectivity index (χ0v) is 25.2. The molecule has 2 aromatic rings. The van der Waals surface area contributed by atoms with Crippen molar-refractivity contribution in [2.24, 2.45) is 5.41 Å². The summed E-state index contributed by atoms with van der Waals surface area (Å²) in [6.07, 6.45) is 11.7. The van der Waals surface area contributed by atoms with Crippen LogP contribution in [-0.4, -0.2) is 45.9 Å². The lowest BCUT2D eigenvalue weighted by Gasteiger charge is -2.31. The van der Waals surface area contributed by atoms with Gasteiger partial charge in [0.1, 0.15) is 16.6 Å². The van der Waals surface area contributed by atoms with Crippen LogP contribution < -0.4 is 9.64 Å². The van der Waals surface area contributed by atoms with Crippen LogP contribution in [0.25, 0.3) is 6.08 Å². The van der Waals surface area contributed by atoms with Gasteiger partial charge in [-0.1, -0.05) is 68.5 Å². The van der Waals surface area contributed by atoms with Crippen molar-refractivity contribution >= 4 is 57.6 Å². The highest BCUT2D eigenvalue weighted by molar-refractivity contribution is 8.26. The summed E-state index contributed by atoms with van der Waals surface area (Å²) in [4.78, 5) is 28.5. The Morgan fingerprint density at radius 2 is 1.93 bits per heavy atom. The van der Waals surface area contributed by atoms with E-state index < -0.39 is 12.5 Å². The average Bonchev–Trinajstić information content (AvgIpc) is 3.60. The van der Waals surface area contributed by atoms with E-state index in [-0.39, 0.29) is 11.3 Å². The Morgan fingerprint density at radius 1 is 1.15 bits per heavy atom. The summed E-state index contributed by atoms with van der Waals surface area (Å²) < 4.78 is 5.68. The first kappa shape index (κ1) is 27.8. The smallest absolute Gasteiger partial charge is 0.323 e. The highest BCUT2D eigenvalue weighted by Crippen LogP contribution is 2.52. The molecule has 4 aliphatic rings. The normalized spacial score (nSPS) is 25.1. The Balaban J connectivity index is 1.29. The van der Waals surface area contributed by atoms with Gasteiger partial charge in [-0.2, -0.15) is 0 Å². The molecule has 0 bridgehead atoms. The molecule has 0 aromatic heterocycles. The number of carbonyl (C=O) groups is 2. The number of amides is 1. The first-order valence-electron chi connectivity index (χ1n) is 14.1. The number of thiocarbonyl (C=S) groups is 1. The van der Waals surface area contributed by atoms with E-state index in [0.29, 0.717) is 21.2 Å². The molecule has 6 rings (SSSR count). The van der Waals surface area contributed by atoms with Gasteiger partial charge in [0.2, 0.25) is 0 Å². The van der Waals surface area contributed by atoms with Gasteiger partial charge in [0.15, 0.2) is 0 Å². The third-order valence-electron chi connectivity index (χ3n) is 8.51. The molecule has 41 heavy (non-hydrogen) atoms. The standard InChI is InChI=1S/C33H34N2O4S2/c1-33(2)17-21(15-22(18-33)30-31(38)34(19-29(36)37)32(40)41-30)8-7-20-9-14-28-26(16-20)25-5-4-6-27(25)35(28)23-10-12-24(39-3)13-11-23/h7-16,25,27H,4-6,17-19H2,1-3H3,(H,36,37)/b8-7+,30-22-. The summed E-state index contributed by atoms with van der Waals surface area (Å²) in [6.45, 7) is 4.00. The predicted octanol–water partition coefficient (Wildman–Crippen LogP) is 7.44. The van der Waals surface area contributed by atoms with Crippen LogP contribution in [0, 0.1) is 5.41 Å². The van der Waals surface area contributed by atoms with E-state index in [1.807, 2.05) is 12.1 Å². The van der Waals surface area contributed by atoms with Crippen molar-refractivity contribution in [1.82, 2.24) is 4.90 Å². The fourth-order valence-electron chi connectivity index (χ4n) is 6.84. The van der Waals surface area contributed by atoms with E-state index in [1.165, 1.54) is 58.4 Å². The number of anilines is 2. The predicted molar refractivity (Wildman–Crippen MR) is 169 cm³/mol. The number of carboxylic acid groups (broad SMARTS) is 1. The van der Waals surface area contributed by atoms with Crippen molar-refractivity contribution in [3.63, 3.8) is 0 Å². The Labute approximate surface area is 250 Å². The number of fused-ring (bicyclic) bond motifs is 3. The lowest BCUT2D eigenvalue weighted by molar-refractivity contribution is -0.140. The molecule has 212 valence electrons. The highest BCUT2D eigenvalue weighted by Gasteiger charge is 2.42. The van der Waals surface area contributed by atoms with E-state index >= 15 is 0 Å². The van der Waals surface area contributed by atoms with Gasteiger partial charge in [-0.05, 0) is 89.8 Å². The lowest BCUT2D eigenvalue weighted by atomic mass is 9.75. The first-order valence-corrected chi connectivity index (χ1v) is 15.3. The van der Waals surface area contributed by atoms with Gasteiger partial charge in [-0.25, -0.2) is 0 Å². The minimum atomic E-state index is -1.07. The van der Waals surface area contributed by atoms with Crippen molar-refractivity contribution < 1.29 is 19.4 Å². The third-order valence-corrected chi connectivity index (χ3v) is 10.0. The van der Waals surface area contributed by atoms with E-state index in [1.54, 1.807) is 7.11 Å². The van der Waals surface area contributed by atoms with Crippen molar-refractivity contribution in [2.45, 2.75) is 57.9 Å². The van der Waals surface area contributed by atoms with Gasteiger partial charge in [0.25, 0.3) is 5.91 Å². The zero-order chi connectivity index (χ0) is 28.9. The Hall–Kier alpha value is -3.36. The first-order chi connectivity index (χ1) is 19.6. The number of carboxylic acids is 1. The molecule has 2 fully saturated rings. The Morgan fingerprint density at radius 3 is 2.66 bits per heavy atom. The SMILES string of the molecule is COc1ccc(N2c3ccc(/C=C/C4=CC(=C5/SC(=S)N(CC(=O)O)C5=O)/CC(C)(C)C4)cc3C3CCCC32)cc1. The molecule has 2 aliphatic heterocycles. The van der Waals surface area contributed by atoms with Gasteiger partial charge in [-0.15, -0.1) is 0 Å². The second-order valence-corrected chi connectivity index (χ2v) is 13.7. The number of methoxy groups -OCH3 is 1. The zero-order valence-electron chi connectivity index (χ0n) is 23.6. The molecule has 2 aromatic carbocycles. The summed E-state index contributed by atoms with van der Waals surface area (Å²) in [7, 11) is 1.70. The number of carbonyl (C=O) groups excluding carboxylic acids is 1. The van der Waals surface area contributed by atoms with Crippen LogP contribution in [0.1, 0.15) is 63.0 Å². The summed E-state index contributed by atoms with van der Waals surface area (Å²) in [5, 5.41) is 9.20. The van der Waals surface area contributed by atoms with Crippen LogP contribution in [0.5, 0.6) is 5.75 Å². The number of ether oxygens (including phenoxy) is 1. The maximum absolute atomic E-state index is 13.0. The molecule has 1 amide bonds. The van der Waals surface area contributed by atoms with Crippen molar-refractivity contribution in [1.29, 1.82) is 0 Å². The number of allylic oxidation sites excluding steroid dienone is 4. The number of rotatable bonds is 6. The molecule has 2 aliphatic carbocycles. The maximum atomic E-state index is 13.0. The van der Waals surface area contributed by atoms with Crippen LogP contribution in [0.4, 0.5) is 11.4 Å². The Bertz CT molecular complexity index is 1520. The molecule has 8 heteroatoms. The molecule has 6 nitrogen and oxygen atoms in total. The molecular weight excluding hydrogens is 553 g/mol. The van der Waals surface area contributed by atoms with E-state index in [4.69, 9.17) is 17.0 Å². The number of hydrogen-bond acceptors (Lipinski definition) is 6. The molecule has 1 saturated carbocycles. The summed E-state index contributed by atoms with van der Waals surface area (Å²) >= 11 is 6.55. The molecule has 2 unspecified atom stereocenters. The minimum absolute atomic E-state index is 0.0344. The fourth-order valence-corrected chi connectivity index (χ4v) is 8.13. The van der Waals surface area contributed by atoms with E-state index in [2.05, 4.69) is 67.3 Å². The van der Waals surface area contributed by atoms with E-state index in [0.717, 1.165) is 29.7 Å². The van der Waals surface area contributed by atoms with Crippen LogP contribution in [0.3, 0.4) is 0 Å². The minimum Gasteiger partial charge on any atom is -0.497 e. The van der Waals surface area contributed by atoms with Crippen LogP contribution in [0.2, 0.25) is 0 Å². The number of benzene rings is 2. The number of aliphatic carboxylic acids is 1. The average molecular weight is 587 g/mol. The molecule has 0 spiro atoms. The maximum Gasteiger partial charge on any atom is 0.323 e. The fraction of sp³-hybridized carbons (Fsp3) is 0.364. The van der Waals surface area contributed by atoms with Crippen molar-refractivity contribution in [3.8, 4) is 5.75 Å². The van der Waals surface area contributed by atoms with Crippen LogP contribution in [0.15, 0.2) is 70.7 Å². The summed E-state index contributed by atoms with van der Waals surface area (Å²) in [5.41, 5.74) is 7.15. The van der Waals surface area contributed by atoms with Crippen LogP contribution in [-0.2, 0) is 9.59 Å². The summed E-state index contributed by atoms with van der Waals surface area (Å²) in [5.74, 6) is 0.0290. The van der Waals surface area contributed by atoms with Crippen LogP contribution >= 0.6 is 24.0 Å². The molecule has 2 heterocycles. The van der Waals surface area contributed by atoms with Gasteiger partial charge in [0.05, 0.1) is 12.0 Å². The van der Waals surface area contributed by atoms with Crippen molar-refractivity contribution in [2.75, 3.05) is 18.6 Å². The second-order valence-electron chi connectivity index (χ2n) is 12.1. The summed E-state index contributed by atoms with van der Waals surface area (Å²) in [6, 6.07) is 15.7. The molecule has 0 radical (unpaired) electrons.